The number of hydrogen-bond acceptors (Lipinski definition) is 3. The molecule has 1 rings (SSSR count). The molecular weight excluding hydrogens is 223 g/mol. The summed E-state index contributed by atoms with van der Waals surface area (Å²) >= 11 is 0. The molecular formula is C12H17FN2O2. The summed E-state index contributed by atoms with van der Waals surface area (Å²) in [5.41, 5.74) is 5.18. The van der Waals surface area contributed by atoms with E-state index in [-0.39, 0.29) is 11.3 Å². The molecule has 0 atom stereocenters. The number of amides is 1. The minimum Gasteiger partial charge on any atom is -0.399 e. The van der Waals surface area contributed by atoms with Crippen LogP contribution in [0.15, 0.2) is 18.2 Å². The molecule has 1 aromatic rings. The monoisotopic (exact) mass is 240 g/mol. The maximum atomic E-state index is 13.4. The second-order valence-corrected chi connectivity index (χ2v) is 4.39. The minimum absolute atomic E-state index is 0.0221. The van der Waals surface area contributed by atoms with Crippen molar-refractivity contribution in [2.24, 2.45) is 0 Å². The van der Waals surface area contributed by atoms with Crippen LogP contribution < -0.4 is 11.1 Å². The van der Waals surface area contributed by atoms with Crippen LogP contribution in [0.3, 0.4) is 0 Å². The van der Waals surface area contributed by atoms with Crippen molar-refractivity contribution in [3.63, 3.8) is 0 Å². The lowest BCUT2D eigenvalue weighted by atomic mass is 10.1. The zero-order valence-corrected chi connectivity index (χ0v) is 10.2. The van der Waals surface area contributed by atoms with Gasteiger partial charge in [0.2, 0.25) is 0 Å². The summed E-state index contributed by atoms with van der Waals surface area (Å²) in [5.74, 6) is -1.11. The fraction of sp³-hybridized carbons (Fsp3) is 0.417. The number of methoxy groups -OCH3 is 1. The molecule has 94 valence electrons. The van der Waals surface area contributed by atoms with Gasteiger partial charge in [-0.2, -0.15) is 0 Å². The number of benzene rings is 1. The molecule has 4 nitrogen and oxygen atoms in total. The molecule has 1 aromatic carbocycles. The van der Waals surface area contributed by atoms with Crippen LogP contribution >= 0.6 is 0 Å². The first-order chi connectivity index (χ1) is 7.85. The SMILES string of the molecule is COC(C)(C)CNC(=O)c1ccc(N)cc1F. The first kappa shape index (κ1) is 13.4. The first-order valence-electron chi connectivity index (χ1n) is 5.24. The van der Waals surface area contributed by atoms with E-state index < -0.39 is 17.3 Å². The summed E-state index contributed by atoms with van der Waals surface area (Å²) in [6.45, 7) is 3.95. The predicted octanol–water partition coefficient (Wildman–Crippen LogP) is 1.56. The molecule has 0 bridgehead atoms. The molecule has 0 unspecified atom stereocenters. The van der Waals surface area contributed by atoms with Crippen molar-refractivity contribution in [3.05, 3.63) is 29.6 Å². The largest absolute Gasteiger partial charge is 0.399 e. The van der Waals surface area contributed by atoms with Gasteiger partial charge in [0, 0.05) is 19.3 Å². The summed E-state index contributed by atoms with van der Waals surface area (Å²) in [6, 6.07) is 3.97. The molecule has 0 radical (unpaired) electrons. The van der Waals surface area contributed by atoms with Gasteiger partial charge in [-0.25, -0.2) is 4.39 Å². The first-order valence-corrected chi connectivity index (χ1v) is 5.24. The Morgan fingerprint density at radius 2 is 2.18 bits per heavy atom. The van der Waals surface area contributed by atoms with Crippen molar-refractivity contribution in [1.29, 1.82) is 0 Å². The molecule has 0 fully saturated rings. The Labute approximate surface area is 100.0 Å². The quantitative estimate of drug-likeness (QED) is 0.785. The van der Waals surface area contributed by atoms with Crippen molar-refractivity contribution in [3.8, 4) is 0 Å². The third kappa shape index (κ3) is 3.71. The Morgan fingerprint density at radius 1 is 1.53 bits per heavy atom. The molecule has 3 N–H and O–H groups in total. The predicted molar refractivity (Wildman–Crippen MR) is 64.2 cm³/mol. The highest BCUT2D eigenvalue weighted by Gasteiger charge is 2.19. The molecule has 0 aliphatic heterocycles. The molecule has 0 aliphatic rings. The van der Waals surface area contributed by atoms with Gasteiger partial charge >= 0.3 is 0 Å². The Morgan fingerprint density at radius 3 is 2.71 bits per heavy atom. The molecule has 5 heteroatoms. The van der Waals surface area contributed by atoms with E-state index in [2.05, 4.69) is 5.32 Å². The van der Waals surface area contributed by atoms with E-state index in [1.165, 1.54) is 12.1 Å². The summed E-state index contributed by atoms with van der Waals surface area (Å²) in [7, 11) is 1.55. The van der Waals surface area contributed by atoms with Crippen LogP contribution in [0.25, 0.3) is 0 Å². The Hall–Kier alpha value is -1.62. The summed E-state index contributed by atoms with van der Waals surface area (Å²) in [4.78, 5) is 11.7. The molecule has 0 spiro atoms. The number of anilines is 1. The zero-order valence-electron chi connectivity index (χ0n) is 10.2. The highest BCUT2D eigenvalue weighted by Crippen LogP contribution is 2.12. The van der Waals surface area contributed by atoms with Gasteiger partial charge in [0.05, 0.1) is 11.2 Å². The van der Waals surface area contributed by atoms with Gasteiger partial charge in [0.1, 0.15) is 5.82 Å². The maximum Gasteiger partial charge on any atom is 0.254 e. The number of nitrogens with two attached hydrogens (primary N) is 1. The number of nitrogens with one attached hydrogen (secondary N) is 1. The van der Waals surface area contributed by atoms with Crippen LogP contribution in [0.1, 0.15) is 24.2 Å². The lowest BCUT2D eigenvalue weighted by Gasteiger charge is -2.23. The van der Waals surface area contributed by atoms with Crippen molar-refractivity contribution < 1.29 is 13.9 Å². The van der Waals surface area contributed by atoms with Crippen LogP contribution in [-0.4, -0.2) is 25.2 Å². The number of carbonyl (C=O) groups is 1. The zero-order chi connectivity index (χ0) is 13.1. The van der Waals surface area contributed by atoms with Crippen molar-refractivity contribution in [2.75, 3.05) is 19.4 Å². The van der Waals surface area contributed by atoms with Gasteiger partial charge in [0.15, 0.2) is 0 Å². The van der Waals surface area contributed by atoms with E-state index in [1.54, 1.807) is 7.11 Å². The molecule has 0 aliphatic carbocycles. The van der Waals surface area contributed by atoms with Crippen LogP contribution in [0.2, 0.25) is 0 Å². The number of nitrogen functional groups attached to an aromatic ring is 1. The van der Waals surface area contributed by atoms with Gasteiger partial charge < -0.3 is 15.8 Å². The van der Waals surface area contributed by atoms with Crippen molar-refractivity contribution in [1.82, 2.24) is 5.32 Å². The number of ether oxygens (including phenoxy) is 1. The van der Waals surface area contributed by atoms with Gasteiger partial charge in [0.25, 0.3) is 5.91 Å². The Bertz CT molecular complexity index is 419. The van der Waals surface area contributed by atoms with E-state index in [9.17, 15) is 9.18 Å². The number of carbonyl (C=O) groups excluding carboxylic acids is 1. The highest BCUT2D eigenvalue weighted by atomic mass is 19.1. The highest BCUT2D eigenvalue weighted by molar-refractivity contribution is 5.94. The second kappa shape index (κ2) is 5.14. The lowest BCUT2D eigenvalue weighted by Crippen LogP contribution is -2.40. The molecule has 1 amide bonds. The molecule has 0 heterocycles. The third-order valence-corrected chi connectivity index (χ3v) is 2.47. The van der Waals surface area contributed by atoms with E-state index in [1.807, 2.05) is 13.8 Å². The van der Waals surface area contributed by atoms with Crippen LogP contribution in [0, 0.1) is 5.82 Å². The Kier molecular flexibility index (Phi) is 4.07. The van der Waals surface area contributed by atoms with Crippen LogP contribution in [0.5, 0.6) is 0 Å². The fourth-order valence-electron chi connectivity index (χ4n) is 1.18. The molecule has 0 aromatic heterocycles. The smallest absolute Gasteiger partial charge is 0.254 e. The number of halogens is 1. The normalized spacial score (nSPS) is 11.3. The van der Waals surface area contributed by atoms with Gasteiger partial charge in [-0.3, -0.25) is 4.79 Å². The summed E-state index contributed by atoms with van der Waals surface area (Å²) in [5, 5.41) is 2.61. The van der Waals surface area contributed by atoms with Crippen molar-refractivity contribution in [2.45, 2.75) is 19.4 Å². The minimum atomic E-state index is -0.627. The van der Waals surface area contributed by atoms with E-state index in [4.69, 9.17) is 10.5 Å². The van der Waals surface area contributed by atoms with Gasteiger partial charge in [-0.1, -0.05) is 0 Å². The average molecular weight is 240 g/mol. The average Bonchev–Trinajstić information content (AvgIpc) is 2.26. The summed E-state index contributed by atoms with van der Waals surface area (Å²) in [6.07, 6.45) is 0. The lowest BCUT2D eigenvalue weighted by molar-refractivity contribution is 0.0228. The van der Waals surface area contributed by atoms with Gasteiger partial charge in [-0.15, -0.1) is 0 Å². The van der Waals surface area contributed by atoms with E-state index in [0.29, 0.717) is 6.54 Å². The Balaban J connectivity index is 2.71. The van der Waals surface area contributed by atoms with Crippen LogP contribution in [0.4, 0.5) is 10.1 Å². The molecule has 0 saturated heterocycles. The topological polar surface area (TPSA) is 64.3 Å². The molecule has 0 saturated carbocycles. The van der Waals surface area contributed by atoms with Gasteiger partial charge in [-0.05, 0) is 32.0 Å². The number of hydrogen-bond donors (Lipinski definition) is 2. The second-order valence-electron chi connectivity index (χ2n) is 4.39. The molecule has 17 heavy (non-hydrogen) atoms. The summed E-state index contributed by atoms with van der Waals surface area (Å²) < 4.78 is 18.6. The number of rotatable bonds is 4. The third-order valence-electron chi connectivity index (χ3n) is 2.47. The maximum absolute atomic E-state index is 13.4. The van der Waals surface area contributed by atoms with Crippen LogP contribution in [-0.2, 0) is 4.74 Å². The van der Waals surface area contributed by atoms with E-state index >= 15 is 0 Å². The van der Waals surface area contributed by atoms with E-state index in [0.717, 1.165) is 6.07 Å². The standard InChI is InChI=1S/C12H17FN2O2/c1-12(2,17-3)7-15-11(16)9-5-4-8(14)6-10(9)13/h4-6H,7,14H2,1-3H3,(H,15,16). The fourth-order valence-corrected chi connectivity index (χ4v) is 1.18. The van der Waals surface area contributed by atoms with Crippen molar-refractivity contribution >= 4 is 11.6 Å².